The molecule has 0 bridgehead atoms. The number of carbonyl (C=O) groups excluding carboxylic acids is 2. The highest BCUT2D eigenvalue weighted by molar-refractivity contribution is 6.01. The predicted octanol–water partition coefficient (Wildman–Crippen LogP) is 5.50. The summed E-state index contributed by atoms with van der Waals surface area (Å²) >= 11 is 0. The zero-order chi connectivity index (χ0) is 25.0. The minimum Gasteiger partial charge on any atom is -0.508 e. The SMILES string of the molecule is N#Cc1ccc(NC(=O)O[C@@H](CCC/C=C/C(=O)Nc2ccccc2N)c2ccc(O)cc2)cc1. The van der Waals surface area contributed by atoms with Crippen LogP contribution in [0.2, 0.25) is 0 Å². The van der Waals surface area contributed by atoms with Crippen molar-refractivity contribution in [2.24, 2.45) is 0 Å². The topological polar surface area (TPSA) is 137 Å². The molecule has 3 aromatic rings. The van der Waals surface area contributed by atoms with Gasteiger partial charge in [-0.05, 0) is 79.4 Å². The van der Waals surface area contributed by atoms with Crippen molar-refractivity contribution >= 4 is 29.1 Å². The highest BCUT2D eigenvalue weighted by Gasteiger charge is 2.17. The normalized spacial score (nSPS) is 11.4. The fourth-order valence-electron chi connectivity index (χ4n) is 3.28. The molecule has 178 valence electrons. The average molecular weight is 471 g/mol. The molecule has 0 radical (unpaired) electrons. The number of nitriles is 1. The van der Waals surface area contributed by atoms with Crippen LogP contribution in [-0.4, -0.2) is 17.1 Å². The first-order chi connectivity index (χ1) is 16.9. The van der Waals surface area contributed by atoms with Gasteiger partial charge in [0.15, 0.2) is 0 Å². The van der Waals surface area contributed by atoms with Gasteiger partial charge in [0.05, 0.1) is 23.0 Å². The summed E-state index contributed by atoms with van der Waals surface area (Å²) in [5, 5.41) is 23.9. The number of amides is 2. The number of hydrogen-bond acceptors (Lipinski definition) is 6. The largest absolute Gasteiger partial charge is 0.508 e. The number of unbranched alkanes of at least 4 members (excludes halogenated alkanes) is 1. The summed E-state index contributed by atoms with van der Waals surface area (Å²) in [5.74, 6) is -0.168. The number of rotatable bonds is 9. The second kappa shape index (κ2) is 12.5. The Balaban J connectivity index is 1.54. The molecule has 0 unspecified atom stereocenters. The standard InChI is InChI=1S/C27H26N4O4/c28-18-19-10-14-21(15-11-19)30-27(34)35-25(20-12-16-22(32)17-13-20)8-2-1-3-9-26(33)31-24-7-5-4-6-23(24)29/h3-7,9-17,25,32H,1-2,8,29H2,(H,30,34)(H,31,33)/b9-3+/t25-/m0/s1. The minimum absolute atomic E-state index is 0.113. The monoisotopic (exact) mass is 470 g/mol. The third-order valence-electron chi connectivity index (χ3n) is 5.10. The van der Waals surface area contributed by atoms with Crippen molar-refractivity contribution < 1.29 is 19.4 Å². The number of anilines is 3. The Morgan fingerprint density at radius 1 is 1.03 bits per heavy atom. The maximum Gasteiger partial charge on any atom is 0.412 e. The molecule has 0 aromatic heterocycles. The van der Waals surface area contributed by atoms with Crippen LogP contribution in [0.5, 0.6) is 5.75 Å². The summed E-state index contributed by atoms with van der Waals surface area (Å²) in [6, 6.07) is 21.9. The summed E-state index contributed by atoms with van der Waals surface area (Å²) in [6.45, 7) is 0. The molecular weight excluding hydrogens is 444 g/mol. The molecule has 0 aliphatic carbocycles. The van der Waals surface area contributed by atoms with Gasteiger partial charge in [-0.15, -0.1) is 0 Å². The number of phenols is 1. The fraction of sp³-hybridized carbons (Fsp3) is 0.148. The van der Waals surface area contributed by atoms with E-state index < -0.39 is 12.2 Å². The van der Waals surface area contributed by atoms with Gasteiger partial charge in [-0.2, -0.15) is 5.26 Å². The Kier molecular flexibility index (Phi) is 8.85. The predicted molar refractivity (Wildman–Crippen MR) is 135 cm³/mol. The van der Waals surface area contributed by atoms with E-state index in [-0.39, 0.29) is 11.7 Å². The molecule has 8 heteroatoms. The number of nitrogens with two attached hydrogens (primary N) is 1. The molecule has 0 fully saturated rings. The summed E-state index contributed by atoms with van der Waals surface area (Å²) in [5.41, 5.74) is 8.60. The van der Waals surface area contributed by atoms with Crippen molar-refractivity contribution in [1.29, 1.82) is 5.26 Å². The van der Waals surface area contributed by atoms with Crippen LogP contribution in [0, 0.1) is 11.3 Å². The number of allylic oxidation sites excluding steroid dienone is 1. The highest BCUT2D eigenvalue weighted by Crippen LogP contribution is 2.26. The zero-order valence-electron chi connectivity index (χ0n) is 19.0. The van der Waals surface area contributed by atoms with Crippen LogP contribution in [-0.2, 0) is 9.53 Å². The molecule has 3 rings (SSSR count). The number of nitrogens with zero attached hydrogens (tertiary/aromatic N) is 1. The molecule has 0 spiro atoms. The number of nitrogen functional groups attached to an aromatic ring is 1. The molecule has 0 aliphatic rings. The first-order valence-corrected chi connectivity index (χ1v) is 11.0. The van der Waals surface area contributed by atoms with Crippen LogP contribution in [0.25, 0.3) is 0 Å². The molecule has 8 nitrogen and oxygen atoms in total. The lowest BCUT2D eigenvalue weighted by Crippen LogP contribution is -2.17. The third kappa shape index (κ3) is 7.94. The maximum absolute atomic E-state index is 12.5. The van der Waals surface area contributed by atoms with Gasteiger partial charge in [0.1, 0.15) is 11.9 Å². The van der Waals surface area contributed by atoms with E-state index >= 15 is 0 Å². The van der Waals surface area contributed by atoms with Crippen LogP contribution < -0.4 is 16.4 Å². The van der Waals surface area contributed by atoms with E-state index in [9.17, 15) is 14.7 Å². The van der Waals surface area contributed by atoms with Crippen molar-refractivity contribution in [2.45, 2.75) is 25.4 Å². The van der Waals surface area contributed by atoms with E-state index in [0.717, 1.165) is 5.56 Å². The van der Waals surface area contributed by atoms with Crippen LogP contribution in [0.4, 0.5) is 21.9 Å². The second-order valence-electron chi connectivity index (χ2n) is 7.71. The van der Waals surface area contributed by atoms with Crippen LogP contribution in [0.3, 0.4) is 0 Å². The number of ether oxygens (including phenoxy) is 1. The van der Waals surface area contributed by atoms with Crippen molar-refractivity contribution in [3.8, 4) is 11.8 Å². The first kappa shape index (κ1) is 24.9. The highest BCUT2D eigenvalue weighted by atomic mass is 16.6. The number of benzene rings is 3. The molecule has 2 amide bonds. The van der Waals surface area contributed by atoms with Gasteiger partial charge in [0.25, 0.3) is 0 Å². The number of hydrogen-bond donors (Lipinski definition) is 4. The molecule has 5 N–H and O–H groups in total. The minimum atomic E-state index is -0.636. The number of phenolic OH excluding ortho intramolecular Hbond substituents is 1. The molecular formula is C27H26N4O4. The van der Waals surface area contributed by atoms with Gasteiger partial charge >= 0.3 is 6.09 Å². The maximum atomic E-state index is 12.5. The number of nitrogens with one attached hydrogen (secondary N) is 2. The smallest absolute Gasteiger partial charge is 0.412 e. The average Bonchev–Trinajstić information content (AvgIpc) is 2.85. The van der Waals surface area contributed by atoms with Crippen molar-refractivity contribution in [2.75, 3.05) is 16.4 Å². The van der Waals surface area contributed by atoms with Crippen molar-refractivity contribution in [1.82, 2.24) is 0 Å². The Labute approximate surface area is 203 Å². The lowest BCUT2D eigenvalue weighted by Gasteiger charge is -2.18. The molecule has 1 atom stereocenters. The van der Waals surface area contributed by atoms with Crippen LogP contribution in [0.15, 0.2) is 84.9 Å². The Hall–Kier alpha value is -4.77. The summed E-state index contributed by atoms with van der Waals surface area (Å²) in [4.78, 5) is 24.6. The van der Waals surface area contributed by atoms with Gasteiger partial charge in [0, 0.05) is 5.69 Å². The second-order valence-corrected chi connectivity index (χ2v) is 7.71. The molecule has 0 heterocycles. The van der Waals surface area contributed by atoms with E-state index in [4.69, 9.17) is 15.7 Å². The zero-order valence-corrected chi connectivity index (χ0v) is 19.0. The van der Waals surface area contributed by atoms with Gasteiger partial charge in [0.2, 0.25) is 5.91 Å². The van der Waals surface area contributed by atoms with Gasteiger partial charge in [-0.25, -0.2) is 4.79 Å². The molecule has 0 saturated carbocycles. The Bertz CT molecular complexity index is 1220. The van der Waals surface area contributed by atoms with Crippen LogP contribution >= 0.6 is 0 Å². The van der Waals surface area contributed by atoms with Gasteiger partial charge in [-0.1, -0.05) is 30.3 Å². The summed E-state index contributed by atoms with van der Waals surface area (Å²) < 4.78 is 5.64. The Morgan fingerprint density at radius 3 is 2.43 bits per heavy atom. The van der Waals surface area contributed by atoms with Crippen molar-refractivity contribution in [3.63, 3.8) is 0 Å². The molecule has 0 saturated heterocycles. The quantitative estimate of drug-likeness (QED) is 0.185. The third-order valence-corrected chi connectivity index (χ3v) is 5.10. The molecule has 0 aliphatic heterocycles. The lowest BCUT2D eigenvalue weighted by atomic mass is 10.0. The Morgan fingerprint density at radius 2 is 1.74 bits per heavy atom. The molecule has 35 heavy (non-hydrogen) atoms. The van der Waals surface area contributed by atoms with E-state index in [2.05, 4.69) is 10.6 Å². The van der Waals surface area contributed by atoms with E-state index in [1.165, 1.54) is 18.2 Å². The first-order valence-electron chi connectivity index (χ1n) is 11.0. The number of carbonyl (C=O) groups is 2. The number of para-hydroxylation sites is 2. The van der Waals surface area contributed by atoms with E-state index in [1.54, 1.807) is 66.7 Å². The lowest BCUT2D eigenvalue weighted by molar-refractivity contribution is -0.111. The summed E-state index contributed by atoms with van der Waals surface area (Å²) in [6.07, 6.45) is 3.74. The summed E-state index contributed by atoms with van der Waals surface area (Å²) in [7, 11) is 0. The fourth-order valence-corrected chi connectivity index (χ4v) is 3.28. The van der Waals surface area contributed by atoms with Gasteiger partial charge in [-0.3, -0.25) is 10.1 Å². The van der Waals surface area contributed by atoms with Crippen molar-refractivity contribution in [3.05, 3.63) is 96.1 Å². The van der Waals surface area contributed by atoms with E-state index in [0.29, 0.717) is 41.9 Å². The van der Waals surface area contributed by atoms with Gasteiger partial charge < -0.3 is 20.9 Å². The molecule has 3 aromatic carbocycles. The van der Waals surface area contributed by atoms with E-state index in [1.807, 2.05) is 6.07 Å². The number of aromatic hydroxyl groups is 1. The van der Waals surface area contributed by atoms with Crippen LogP contribution in [0.1, 0.15) is 36.5 Å².